The molecule has 8 heteroatoms. The van der Waals surface area contributed by atoms with E-state index >= 15 is 0 Å². The molecule has 1 aliphatic carbocycles. The van der Waals surface area contributed by atoms with E-state index in [-0.39, 0.29) is 22.0 Å². The minimum Gasteiger partial charge on any atom is -0.299 e. The summed E-state index contributed by atoms with van der Waals surface area (Å²) >= 11 is 6.99. The Bertz CT molecular complexity index is 752. The second kappa shape index (κ2) is 5.94. The van der Waals surface area contributed by atoms with E-state index in [4.69, 9.17) is 5.41 Å². The standard InChI is InChI=1S/C12H10BrN3O2S2/c13-8-3-1-4-9(7-8)20(17,18)16-11-6-2-5-10(14)12(11)15-19/h1-7,14,16,19H/b14-10?,15-12+. The molecule has 0 amide bonds. The number of hydrogen-bond donors (Lipinski definition) is 3. The van der Waals surface area contributed by atoms with Gasteiger partial charge in [-0.3, -0.25) is 10.1 Å². The summed E-state index contributed by atoms with van der Waals surface area (Å²) in [6, 6.07) is 6.33. The average Bonchev–Trinajstić information content (AvgIpc) is 2.38. The molecule has 0 bridgehead atoms. The highest BCUT2D eigenvalue weighted by atomic mass is 79.9. The molecule has 0 saturated heterocycles. The number of allylic oxidation sites excluding steroid dienone is 4. The van der Waals surface area contributed by atoms with E-state index in [1.54, 1.807) is 18.2 Å². The number of sulfonamides is 1. The van der Waals surface area contributed by atoms with E-state index in [1.165, 1.54) is 24.3 Å². The van der Waals surface area contributed by atoms with E-state index in [0.717, 1.165) is 0 Å². The summed E-state index contributed by atoms with van der Waals surface area (Å²) in [4.78, 5) is 0.118. The van der Waals surface area contributed by atoms with Crippen molar-refractivity contribution < 1.29 is 8.42 Å². The lowest BCUT2D eigenvalue weighted by Crippen LogP contribution is -2.31. The van der Waals surface area contributed by atoms with E-state index in [1.807, 2.05) is 0 Å². The second-order valence-electron chi connectivity index (χ2n) is 3.86. The summed E-state index contributed by atoms with van der Waals surface area (Å²) < 4.78 is 31.3. The summed E-state index contributed by atoms with van der Waals surface area (Å²) in [6.45, 7) is 0. The maximum Gasteiger partial charge on any atom is 0.262 e. The fourth-order valence-electron chi connectivity index (χ4n) is 1.57. The van der Waals surface area contributed by atoms with Crippen LogP contribution in [0.5, 0.6) is 0 Å². The predicted molar refractivity (Wildman–Crippen MR) is 85.8 cm³/mol. The molecule has 0 aromatic heterocycles. The number of nitrogens with zero attached hydrogens (tertiary/aromatic N) is 1. The maximum absolute atomic E-state index is 12.3. The van der Waals surface area contributed by atoms with Gasteiger partial charge in [-0.05, 0) is 43.2 Å². The molecule has 0 unspecified atom stereocenters. The van der Waals surface area contributed by atoms with Crippen molar-refractivity contribution in [1.29, 1.82) is 5.41 Å². The molecule has 1 aromatic rings. The zero-order valence-electron chi connectivity index (χ0n) is 10.0. The molecule has 1 aliphatic rings. The van der Waals surface area contributed by atoms with Gasteiger partial charge in [-0.25, -0.2) is 12.8 Å². The monoisotopic (exact) mass is 371 g/mol. The van der Waals surface area contributed by atoms with Crippen LogP contribution in [0, 0.1) is 5.41 Å². The zero-order valence-corrected chi connectivity index (χ0v) is 13.3. The van der Waals surface area contributed by atoms with Gasteiger partial charge < -0.3 is 0 Å². The van der Waals surface area contributed by atoms with Crippen molar-refractivity contribution in [2.75, 3.05) is 0 Å². The molecule has 0 fully saturated rings. The maximum atomic E-state index is 12.3. The van der Waals surface area contributed by atoms with Crippen LogP contribution < -0.4 is 4.72 Å². The minimum atomic E-state index is -3.74. The predicted octanol–water partition coefficient (Wildman–Crippen LogP) is 2.49. The average molecular weight is 372 g/mol. The third-order valence-corrected chi connectivity index (χ3v) is 4.54. The van der Waals surface area contributed by atoms with E-state index < -0.39 is 10.0 Å². The minimum absolute atomic E-state index is 0.0921. The van der Waals surface area contributed by atoms with Crippen LogP contribution in [0.25, 0.3) is 0 Å². The Hall–Kier alpha value is -1.38. The molecule has 0 heterocycles. The summed E-state index contributed by atoms with van der Waals surface area (Å²) in [5, 5.41) is 7.67. The molecule has 0 saturated carbocycles. The van der Waals surface area contributed by atoms with Gasteiger partial charge in [-0.2, -0.15) is 0 Å². The Morgan fingerprint density at radius 3 is 2.75 bits per heavy atom. The molecule has 1 aromatic carbocycles. The lowest BCUT2D eigenvalue weighted by molar-refractivity contribution is 0.589. The fraction of sp³-hybridized carbons (Fsp3) is 0. The lowest BCUT2D eigenvalue weighted by atomic mass is 10.1. The van der Waals surface area contributed by atoms with Crippen LogP contribution in [0.4, 0.5) is 0 Å². The van der Waals surface area contributed by atoms with Gasteiger partial charge in [0.15, 0.2) is 0 Å². The topological polar surface area (TPSA) is 82.4 Å². The first-order chi connectivity index (χ1) is 9.44. The van der Waals surface area contributed by atoms with Gasteiger partial charge in [0, 0.05) is 4.47 Å². The lowest BCUT2D eigenvalue weighted by Gasteiger charge is -2.15. The number of thiol groups is 1. The van der Waals surface area contributed by atoms with Crippen molar-refractivity contribution in [1.82, 2.24) is 4.72 Å². The van der Waals surface area contributed by atoms with Crippen LogP contribution in [0.3, 0.4) is 0 Å². The molecule has 0 spiro atoms. The van der Waals surface area contributed by atoms with Crippen molar-refractivity contribution in [2.45, 2.75) is 4.90 Å². The van der Waals surface area contributed by atoms with Gasteiger partial charge in [0.1, 0.15) is 5.71 Å². The molecule has 20 heavy (non-hydrogen) atoms. The highest BCUT2D eigenvalue weighted by Crippen LogP contribution is 2.17. The number of halogens is 1. The van der Waals surface area contributed by atoms with Crippen LogP contribution >= 0.6 is 28.7 Å². The van der Waals surface area contributed by atoms with Gasteiger partial charge in [-0.1, -0.05) is 28.1 Å². The summed E-state index contributed by atoms with van der Waals surface area (Å²) in [6.07, 6.45) is 4.61. The highest BCUT2D eigenvalue weighted by Gasteiger charge is 2.21. The third kappa shape index (κ3) is 3.20. The van der Waals surface area contributed by atoms with Gasteiger partial charge >= 0.3 is 0 Å². The van der Waals surface area contributed by atoms with Gasteiger partial charge in [0.25, 0.3) is 10.0 Å². The smallest absolute Gasteiger partial charge is 0.262 e. The molecule has 0 aliphatic heterocycles. The fourth-order valence-corrected chi connectivity index (χ4v) is 3.45. The van der Waals surface area contributed by atoms with Crippen molar-refractivity contribution in [2.24, 2.45) is 4.40 Å². The molecule has 104 valence electrons. The van der Waals surface area contributed by atoms with Crippen LogP contribution in [0.1, 0.15) is 0 Å². The van der Waals surface area contributed by atoms with E-state index in [0.29, 0.717) is 4.47 Å². The Balaban J connectivity index is 2.36. The zero-order chi connectivity index (χ0) is 14.8. The third-order valence-electron chi connectivity index (χ3n) is 2.49. The molecule has 2 N–H and O–H groups in total. The van der Waals surface area contributed by atoms with Crippen molar-refractivity contribution in [3.05, 3.63) is 52.7 Å². The van der Waals surface area contributed by atoms with Crippen molar-refractivity contribution in [3.8, 4) is 0 Å². The Kier molecular flexibility index (Phi) is 4.46. The Labute approximate surface area is 130 Å². The second-order valence-corrected chi connectivity index (χ2v) is 6.66. The van der Waals surface area contributed by atoms with E-state index in [9.17, 15) is 8.42 Å². The summed E-state index contributed by atoms with van der Waals surface area (Å²) in [7, 11) is -3.74. The SMILES string of the molecule is N=C1C=CC=C(NS(=O)(=O)c2cccc(Br)c2)/C1=N/S. The van der Waals surface area contributed by atoms with Crippen molar-refractivity contribution >= 4 is 50.2 Å². The van der Waals surface area contributed by atoms with Crippen LogP contribution in [0.15, 0.2) is 62.0 Å². The Morgan fingerprint density at radius 2 is 2.10 bits per heavy atom. The molecule has 0 radical (unpaired) electrons. The number of nitrogens with one attached hydrogen (secondary N) is 2. The molecular formula is C12H10BrN3O2S2. The molecular weight excluding hydrogens is 362 g/mol. The summed E-state index contributed by atoms with van der Waals surface area (Å²) in [5.74, 6) is 0. The first-order valence-electron chi connectivity index (χ1n) is 5.42. The van der Waals surface area contributed by atoms with E-state index in [2.05, 4.69) is 37.9 Å². The number of hydrogen-bond acceptors (Lipinski definition) is 5. The highest BCUT2D eigenvalue weighted by molar-refractivity contribution is 9.10. The van der Waals surface area contributed by atoms with Crippen LogP contribution in [-0.4, -0.2) is 19.8 Å². The first kappa shape index (κ1) is 15.0. The van der Waals surface area contributed by atoms with Gasteiger partial charge in [0.2, 0.25) is 0 Å². The number of benzene rings is 1. The normalized spacial score (nSPS) is 17.2. The number of rotatable bonds is 3. The first-order valence-corrected chi connectivity index (χ1v) is 8.10. The quantitative estimate of drug-likeness (QED) is 0.563. The van der Waals surface area contributed by atoms with Gasteiger partial charge in [0.05, 0.1) is 16.3 Å². The molecule has 0 atom stereocenters. The van der Waals surface area contributed by atoms with Gasteiger partial charge in [-0.15, -0.1) is 0 Å². The Morgan fingerprint density at radius 1 is 1.35 bits per heavy atom. The van der Waals surface area contributed by atoms with Crippen LogP contribution in [0.2, 0.25) is 0 Å². The van der Waals surface area contributed by atoms with Crippen LogP contribution in [-0.2, 0) is 10.0 Å². The largest absolute Gasteiger partial charge is 0.299 e. The molecule has 2 rings (SSSR count). The molecule has 5 nitrogen and oxygen atoms in total. The summed E-state index contributed by atoms with van der Waals surface area (Å²) in [5.41, 5.74) is 0.483. The van der Waals surface area contributed by atoms with Crippen molar-refractivity contribution in [3.63, 3.8) is 0 Å².